The Bertz CT molecular complexity index is 790. The molecule has 0 spiro atoms. The maximum Gasteiger partial charge on any atom is 0.224 e. The second-order valence-corrected chi connectivity index (χ2v) is 6.84. The Kier molecular flexibility index (Phi) is 6.68. The first kappa shape index (κ1) is 19.9. The van der Waals surface area contributed by atoms with Crippen LogP contribution >= 0.6 is 0 Å². The van der Waals surface area contributed by atoms with E-state index in [0.717, 1.165) is 37.0 Å². The highest BCUT2D eigenvalue weighted by atomic mass is 16.5. The molecule has 2 aromatic rings. The second kappa shape index (κ2) is 9.39. The van der Waals surface area contributed by atoms with Crippen molar-refractivity contribution < 1.29 is 19.0 Å². The smallest absolute Gasteiger partial charge is 0.224 e. The Morgan fingerprint density at radius 2 is 1.71 bits per heavy atom. The molecule has 28 heavy (non-hydrogen) atoms. The van der Waals surface area contributed by atoms with E-state index in [4.69, 9.17) is 14.2 Å². The number of hydrogen-bond donors (Lipinski definition) is 1. The van der Waals surface area contributed by atoms with Crippen molar-refractivity contribution in [3.05, 3.63) is 41.7 Å². The predicted molar refractivity (Wildman–Crippen MR) is 105 cm³/mol. The fraction of sp³-hybridized carbons (Fsp3) is 0.476. The molecular weight excluding hydrogens is 358 g/mol. The van der Waals surface area contributed by atoms with Gasteiger partial charge in [-0.1, -0.05) is 31.0 Å². The van der Waals surface area contributed by atoms with Gasteiger partial charge < -0.3 is 19.5 Å². The highest BCUT2D eigenvalue weighted by Crippen LogP contribution is 2.37. The lowest BCUT2D eigenvalue weighted by atomic mass is 9.78. The third kappa shape index (κ3) is 4.52. The minimum Gasteiger partial charge on any atom is -0.496 e. The number of carbonyl (C=O) groups is 1. The van der Waals surface area contributed by atoms with E-state index in [1.165, 1.54) is 0 Å². The zero-order chi connectivity index (χ0) is 19.9. The highest BCUT2D eigenvalue weighted by molar-refractivity contribution is 5.79. The maximum absolute atomic E-state index is 13.0. The van der Waals surface area contributed by atoms with Crippen LogP contribution in [0.25, 0.3) is 0 Å². The Hall–Kier alpha value is -2.83. The van der Waals surface area contributed by atoms with Gasteiger partial charge in [0.15, 0.2) is 0 Å². The van der Waals surface area contributed by atoms with Crippen molar-refractivity contribution in [1.82, 2.24) is 15.3 Å². The molecule has 150 valence electrons. The van der Waals surface area contributed by atoms with Gasteiger partial charge in [-0.25, -0.2) is 0 Å². The molecule has 1 aliphatic rings. The molecule has 3 rings (SSSR count). The zero-order valence-corrected chi connectivity index (χ0v) is 16.6. The summed E-state index contributed by atoms with van der Waals surface area (Å²) in [6.07, 6.45) is 3.74. The second-order valence-electron chi connectivity index (χ2n) is 6.84. The number of benzene rings is 1. The molecule has 1 amide bonds. The summed E-state index contributed by atoms with van der Waals surface area (Å²) < 4.78 is 15.9. The van der Waals surface area contributed by atoms with E-state index in [0.29, 0.717) is 24.1 Å². The lowest BCUT2D eigenvalue weighted by molar-refractivity contribution is -0.126. The fourth-order valence-electron chi connectivity index (χ4n) is 3.71. The number of hydrogen-bond acceptors (Lipinski definition) is 6. The minimum absolute atomic E-state index is 0.0148. The first-order valence-corrected chi connectivity index (χ1v) is 9.52. The first-order valence-electron chi connectivity index (χ1n) is 9.52. The standard InChI is InChI=1S/C21H27N3O4/c1-26-17-11-7-4-8-14(17)13-22-21(25)16-10-6-5-9-15(16)20-23-18(27-2)12-19(24-20)28-3/h4,7-8,11-12,15-16H,5-6,9-10,13H2,1-3H3,(H,22,25)/t15-,16+/m0/s1. The Labute approximate surface area is 165 Å². The number of amides is 1. The third-order valence-electron chi connectivity index (χ3n) is 5.19. The van der Waals surface area contributed by atoms with Crippen molar-refractivity contribution in [2.75, 3.05) is 21.3 Å². The zero-order valence-electron chi connectivity index (χ0n) is 16.6. The van der Waals surface area contributed by atoms with Crippen LogP contribution in [0.3, 0.4) is 0 Å². The molecule has 2 atom stereocenters. The van der Waals surface area contributed by atoms with Gasteiger partial charge in [-0.2, -0.15) is 9.97 Å². The molecule has 1 heterocycles. The van der Waals surface area contributed by atoms with Crippen molar-refractivity contribution in [1.29, 1.82) is 0 Å². The summed E-state index contributed by atoms with van der Waals surface area (Å²) in [5.74, 6) is 2.04. The average molecular weight is 385 g/mol. The summed E-state index contributed by atoms with van der Waals surface area (Å²) in [6.45, 7) is 0.425. The van der Waals surface area contributed by atoms with Crippen molar-refractivity contribution in [2.45, 2.75) is 38.1 Å². The van der Waals surface area contributed by atoms with Gasteiger partial charge in [-0.05, 0) is 18.9 Å². The van der Waals surface area contributed by atoms with E-state index in [9.17, 15) is 4.79 Å². The van der Waals surface area contributed by atoms with Crippen LogP contribution in [-0.2, 0) is 11.3 Å². The third-order valence-corrected chi connectivity index (χ3v) is 5.19. The molecule has 0 saturated heterocycles. The number of carbonyl (C=O) groups excluding carboxylic acids is 1. The number of ether oxygens (including phenoxy) is 3. The number of para-hydroxylation sites is 1. The number of rotatable bonds is 7. The minimum atomic E-state index is -0.180. The van der Waals surface area contributed by atoms with E-state index in [1.54, 1.807) is 27.4 Å². The normalized spacial score (nSPS) is 19.0. The Balaban J connectivity index is 1.76. The molecule has 7 nitrogen and oxygen atoms in total. The van der Waals surface area contributed by atoms with Gasteiger partial charge in [0.05, 0.1) is 27.4 Å². The molecular formula is C21H27N3O4. The van der Waals surface area contributed by atoms with E-state index in [1.807, 2.05) is 24.3 Å². The Morgan fingerprint density at radius 1 is 1.04 bits per heavy atom. The van der Waals surface area contributed by atoms with Crippen LogP contribution in [0.5, 0.6) is 17.5 Å². The van der Waals surface area contributed by atoms with E-state index < -0.39 is 0 Å². The molecule has 0 unspecified atom stereocenters. The van der Waals surface area contributed by atoms with Crippen molar-refractivity contribution in [3.8, 4) is 17.5 Å². The summed E-state index contributed by atoms with van der Waals surface area (Å²) in [5, 5.41) is 3.06. The number of nitrogens with zero attached hydrogens (tertiary/aromatic N) is 2. The van der Waals surface area contributed by atoms with Gasteiger partial charge >= 0.3 is 0 Å². The molecule has 0 aliphatic heterocycles. The summed E-state index contributed by atoms with van der Waals surface area (Å²) in [7, 11) is 4.75. The van der Waals surface area contributed by atoms with Gasteiger partial charge in [-0.15, -0.1) is 0 Å². The molecule has 0 bridgehead atoms. The van der Waals surface area contributed by atoms with Crippen LogP contribution < -0.4 is 19.5 Å². The topological polar surface area (TPSA) is 82.6 Å². The number of methoxy groups -OCH3 is 3. The molecule has 7 heteroatoms. The summed E-state index contributed by atoms with van der Waals surface area (Å²) in [4.78, 5) is 22.0. The molecule has 1 fully saturated rings. The van der Waals surface area contributed by atoms with Gasteiger partial charge in [-0.3, -0.25) is 4.79 Å². The van der Waals surface area contributed by atoms with Gasteiger partial charge in [0.1, 0.15) is 11.6 Å². The molecule has 1 saturated carbocycles. The van der Waals surface area contributed by atoms with Crippen LogP contribution in [0.4, 0.5) is 0 Å². The average Bonchev–Trinajstić information content (AvgIpc) is 2.77. The van der Waals surface area contributed by atoms with E-state index >= 15 is 0 Å². The molecule has 1 N–H and O–H groups in total. The maximum atomic E-state index is 13.0. The highest BCUT2D eigenvalue weighted by Gasteiger charge is 2.34. The van der Waals surface area contributed by atoms with E-state index in [2.05, 4.69) is 15.3 Å². The predicted octanol–water partition coefficient (Wildman–Crippen LogP) is 3.09. The van der Waals surface area contributed by atoms with Crippen molar-refractivity contribution in [3.63, 3.8) is 0 Å². The monoisotopic (exact) mass is 385 g/mol. The van der Waals surface area contributed by atoms with Gasteiger partial charge in [0.2, 0.25) is 17.7 Å². The van der Waals surface area contributed by atoms with Crippen LogP contribution in [0.15, 0.2) is 30.3 Å². The van der Waals surface area contributed by atoms with Crippen LogP contribution in [0.1, 0.15) is 43.0 Å². The SMILES string of the molecule is COc1cc(OC)nc([C@H]2CCCC[C@H]2C(=O)NCc2ccccc2OC)n1. The lowest BCUT2D eigenvalue weighted by Crippen LogP contribution is -2.36. The Morgan fingerprint density at radius 3 is 2.39 bits per heavy atom. The van der Waals surface area contributed by atoms with Crippen molar-refractivity contribution >= 4 is 5.91 Å². The molecule has 1 aliphatic carbocycles. The quantitative estimate of drug-likeness (QED) is 0.789. The number of aromatic nitrogens is 2. The van der Waals surface area contributed by atoms with Crippen LogP contribution in [-0.4, -0.2) is 37.2 Å². The molecule has 1 aromatic heterocycles. The van der Waals surface area contributed by atoms with Crippen molar-refractivity contribution in [2.24, 2.45) is 5.92 Å². The lowest BCUT2D eigenvalue weighted by Gasteiger charge is -2.29. The van der Waals surface area contributed by atoms with Crippen LogP contribution in [0.2, 0.25) is 0 Å². The van der Waals surface area contributed by atoms with Crippen LogP contribution in [0, 0.1) is 5.92 Å². The van der Waals surface area contributed by atoms with E-state index in [-0.39, 0.29) is 17.7 Å². The van der Waals surface area contributed by atoms with Gasteiger partial charge in [0, 0.05) is 23.9 Å². The largest absolute Gasteiger partial charge is 0.496 e. The molecule has 0 radical (unpaired) electrons. The summed E-state index contributed by atoms with van der Waals surface area (Å²) in [5.41, 5.74) is 0.949. The number of nitrogens with one attached hydrogen (secondary N) is 1. The first-order chi connectivity index (χ1) is 13.7. The molecule has 1 aromatic carbocycles. The van der Waals surface area contributed by atoms with Gasteiger partial charge in [0.25, 0.3) is 0 Å². The summed E-state index contributed by atoms with van der Waals surface area (Å²) >= 11 is 0. The summed E-state index contributed by atoms with van der Waals surface area (Å²) in [6, 6.07) is 9.33. The fourth-order valence-corrected chi connectivity index (χ4v) is 3.71.